The minimum Gasteiger partial charge on any atom is -0.402 e. The van der Waals surface area contributed by atoms with Crippen molar-refractivity contribution < 1.29 is 18.8 Å². The Morgan fingerprint density at radius 2 is 1.82 bits per heavy atom. The van der Waals surface area contributed by atoms with Gasteiger partial charge in [0.25, 0.3) is 5.56 Å². The van der Waals surface area contributed by atoms with Gasteiger partial charge in [0.2, 0.25) is 0 Å². The Kier molecular flexibility index (Phi) is 7.32. The van der Waals surface area contributed by atoms with Crippen molar-refractivity contribution in [2.24, 2.45) is 5.92 Å². The van der Waals surface area contributed by atoms with Crippen molar-refractivity contribution in [3.63, 3.8) is 0 Å². The molecule has 0 aliphatic carbocycles. The second-order valence-corrected chi connectivity index (χ2v) is 9.08. The zero-order chi connectivity index (χ0) is 24.6. The number of methoxy groups -OCH3 is 1. The van der Waals surface area contributed by atoms with E-state index in [1.165, 1.54) is 16.8 Å². The van der Waals surface area contributed by atoms with Crippen LogP contribution in [0, 0.1) is 5.92 Å². The van der Waals surface area contributed by atoms with Crippen molar-refractivity contribution in [1.82, 2.24) is 24.5 Å². The highest BCUT2D eigenvalue weighted by Gasteiger charge is 2.51. The number of hydrogen-bond donors (Lipinski definition) is 1. The molecule has 2 saturated heterocycles. The lowest BCUT2D eigenvalue weighted by Crippen LogP contribution is -2.41. The van der Waals surface area contributed by atoms with Crippen LogP contribution in [0.5, 0.6) is 0 Å². The molecular formula is C21H34BN5O6. The highest BCUT2D eigenvalue weighted by molar-refractivity contribution is 6.44. The van der Waals surface area contributed by atoms with Crippen LogP contribution in [0.4, 0.5) is 0 Å². The Labute approximate surface area is 193 Å². The molecular weight excluding hydrogens is 429 g/mol. The Morgan fingerprint density at radius 1 is 1.18 bits per heavy atom. The van der Waals surface area contributed by atoms with E-state index < -0.39 is 48.0 Å². The summed E-state index contributed by atoms with van der Waals surface area (Å²) < 4.78 is 26.8. The van der Waals surface area contributed by atoms with E-state index in [0.717, 1.165) is 0 Å². The van der Waals surface area contributed by atoms with Gasteiger partial charge in [-0.25, -0.2) is 4.79 Å². The van der Waals surface area contributed by atoms with Crippen LogP contribution in [0.3, 0.4) is 0 Å². The highest BCUT2D eigenvalue weighted by atomic mass is 16.7. The molecule has 0 saturated carbocycles. The van der Waals surface area contributed by atoms with Gasteiger partial charge in [0, 0.05) is 25.3 Å². The van der Waals surface area contributed by atoms with Crippen molar-refractivity contribution in [3.8, 4) is 0 Å². The van der Waals surface area contributed by atoms with E-state index in [1.807, 2.05) is 48.5 Å². The Morgan fingerprint density at radius 3 is 2.39 bits per heavy atom. The van der Waals surface area contributed by atoms with Crippen molar-refractivity contribution in [3.05, 3.63) is 45.0 Å². The van der Waals surface area contributed by atoms with E-state index >= 15 is 0 Å². The number of hydrogen-bond acceptors (Lipinski definition) is 8. The van der Waals surface area contributed by atoms with Crippen molar-refractivity contribution >= 4 is 7.12 Å². The fourth-order valence-corrected chi connectivity index (χ4v) is 4.03. The average molecular weight is 463 g/mol. The molecule has 4 atom stereocenters. The third-order valence-corrected chi connectivity index (χ3v) is 6.45. The second kappa shape index (κ2) is 9.53. The van der Waals surface area contributed by atoms with Crippen LogP contribution in [0.25, 0.3) is 0 Å². The summed E-state index contributed by atoms with van der Waals surface area (Å²) in [6, 6.07) is 1.27. The normalized spacial score (nSPS) is 27.9. The van der Waals surface area contributed by atoms with Gasteiger partial charge in [0.15, 0.2) is 6.23 Å². The van der Waals surface area contributed by atoms with Gasteiger partial charge in [-0.2, -0.15) is 0 Å². The predicted molar refractivity (Wildman–Crippen MR) is 122 cm³/mol. The molecule has 2 aromatic rings. The molecule has 182 valence electrons. The first-order valence-corrected chi connectivity index (χ1v) is 11.3. The minimum atomic E-state index is -0.706. The number of H-pyrrole nitrogens is 1. The Bertz CT molecular complexity index is 1050. The van der Waals surface area contributed by atoms with Gasteiger partial charge in [-0.05, 0) is 27.7 Å². The smallest absolute Gasteiger partial charge is 0.402 e. The van der Waals surface area contributed by atoms with Crippen molar-refractivity contribution in [1.29, 1.82) is 0 Å². The molecule has 0 spiro atoms. The summed E-state index contributed by atoms with van der Waals surface area (Å²) in [5, 5.41) is 8.47. The summed E-state index contributed by atoms with van der Waals surface area (Å²) in [7, 11) is 1.12. The van der Waals surface area contributed by atoms with Crippen LogP contribution in [-0.4, -0.2) is 56.1 Å². The fraction of sp³-hybridized carbons (Fsp3) is 0.714. The van der Waals surface area contributed by atoms with E-state index in [0.29, 0.717) is 12.1 Å². The quantitative estimate of drug-likeness (QED) is 0.665. The topological polar surface area (TPSA) is 122 Å². The Hall–Kier alpha value is -2.28. The summed E-state index contributed by atoms with van der Waals surface area (Å²) in [6.45, 7) is 14.0. The van der Waals surface area contributed by atoms with Gasteiger partial charge in [-0.1, -0.05) is 26.0 Å². The van der Waals surface area contributed by atoms with E-state index in [9.17, 15) is 9.59 Å². The molecule has 4 rings (SSSR count). The molecule has 2 fully saturated rings. The zero-order valence-electron chi connectivity index (χ0n) is 20.6. The molecule has 12 heteroatoms. The molecule has 1 N–H and O–H groups in total. The first kappa shape index (κ1) is 25.3. The zero-order valence-corrected chi connectivity index (χ0v) is 20.6. The number of nitrogens with zero attached hydrogens (tertiary/aromatic N) is 4. The number of nitrogens with one attached hydrogen (secondary N) is 1. The SMILES string of the molecule is CC.COC1C(C)C(c2cn(CB3OC(C)(C)C(C)(C)O3)nn2)OC1n1ccc(=O)[nH]c1=O. The summed E-state index contributed by atoms with van der Waals surface area (Å²) >= 11 is 0. The number of aromatic amines is 1. The van der Waals surface area contributed by atoms with Crippen LogP contribution in [0.1, 0.15) is 66.5 Å². The highest BCUT2D eigenvalue weighted by Crippen LogP contribution is 2.43. The third kappa shape index (κ3) is 4.84. The monoisotopic (exact) mass is 463 g/mol. The van der Waals surface area contributed by atoms with Crippen LogP contribution in [0.15, 0.2) is 28.0 Å². The predicted octanol–water partition coefficient (Wildman–Crippen LogP) is 1.71. The molecule has 4 heterocycles. The fourth-order valence-electron chi connectivity index (χ4n) is 4.03. The molecule has 0 radical (unpaired) electrons. The number of ether oxygens (including phenoxy) is 2. The molecule has 2 aliphatic rings. The molecule has 4 unspecified atom stereocenters. The lowest BCUT2D eigenvalue weighted by Gasteiger charge is -2.32. The number of aromatic nitrogens is 5. The van der Waals surface area contributed by atoms with Crippen molar-refractivity contribution in [2.75, 3.05) is 7.11 Å². The number of rotatable bonds is 5. The Balaban J connectivity index is 0.00000149. The van der Waals surface area contributed by atoms with Crippen LogP contribution < -0.4 is 11.2 Å². The molecule has 33 heavy (non-hydrogen) atoms. The summed E-state index contributed by atoms with van der Waals surface area (Å²) in [5.74, 6) is -0.115. The van der Waals surface area contributed by atoms with Gasteiger partial charge in [-0.15, -0.1) is 5.10 Å². The van der Waals surface area contributed by atoms with Crippen LogP contribution >= 0.6 is 0 Å². The molecule has 11 nitrogen and oxygen atoms in total. The van der Waals surface area contributed by atoms with Gasteiger partial charge in [0.1, 0.15) is 17.9 Å². The van der Waals surface area contributed by atoms with E-state index in [1.54, 1.807) is 18.0 Å². The maximum absolute atomic E-state index is 12.3. The maximum Gasteiger partial charge on any atom is 0.480 e. The molecule has 2 aliphatic heterocycles. The van der Waals surface area contributed by atoms with Crippen LogP contribution in [0.2, 0.25) is 0 Å². The third-order valence-electron chi connectivity index (χ3n) is 6.45. The molecule has 0 amide bonds. The average Bonchev–Trinajstić information content (AvgIpc) is 3.37. The lowest BCUT2D eigenvalue weighted by atomic mass is 9.90. The lowest BCUT2D eigenvalue weighted by molar-refractivity contribution is -0.0541. The maximum atomic E-state index is 12.3. The largest absolute Gasteiger partial charge is 0.480 e. The standard InChI is InChI=1S/C19H28BN5O6.C2H6/c1-11-14(29-16(15(11)28-6)25-8-7-13(26)21-17(25)27)12-9-24(23-22-12)10-20-30-18(2,3)19(4,5)31-20;1-2/h7-9,11,14-16H,10H2,1-6H3,(H,21,26,27);1-2H3. The molecule has 2 aromatic heterocycles. The van der Waals surface area contributed by atoms with Gasteiger partial charge in [0.05, 0.1) is 23.8 Å². The van der Waals surface area contributed by atoms with E-state index in [-0.39, 0.29) is 5.92 Å². The first-order valence-electron chi connectivity index (χ1n) is 11.3. The summed E-state index contributed by atoms with van der Waals surface area (Å²) in [4.78, 5) is 25.9. The summed E-state index contributed by atoms with van der Waals surface area (Å²) in [6.07, 6.45) is 2.02. The minimum absolute atomic E-state index is 0.115. The summed E-state index contributed by atoms with van der Waals surface area (Å²) in [5.41, 5.74) is -1.26. The van der Waals surface area contributed by atoms with Crippen molar-refractivity contribution in [2.45, 2.75) is 84.5 Å². The van der Waals surface area contributed by atoms with Crippen LogP contribution in [-0.2, 0) is 25.2 Å². The molecule has 0 aromatic carbocycles. The van der Waals surface area contributed by atoms with Gasteiger partial charge < -0.3 is 18.8 Å². The van der Waals surface area contributed by atoms with Gasteiger partial charge in [-0.3, -0.25) is 19.0 Å². The second-order valence-electron chi connectivity index (χ2n) is 9.08. The molecule has 0 bridgehead atoms. The van der Waals surface area contributed by atoms with E-state index in [4.69, 9.17) is 18.8 Å². The first-order chi connectivity index (χ1) is 15.5. The van der Waals surface area contributed by atoms with Gasteiger partial charge >= 0.3 is 12.8 Å². The van der Waals surface area contributed by atoms with E-state index in [2.05, 4.69) is 15.3 Å².